The number of carbonyl (C=O) groups is 1. The van der Waals surface area contributed by atoms with Gasteiger partial charge in [-0.1, -0.05) is 53.2 Å². The molecule has 19 heteroatoms. The fraction of sp³-hybridized carbons (Fsp3) is 0.938. The Bertz CT molecular complexity index is 1840. The monoisotopic (exact) mass is 959 g/mol. The second kappa shape index (κ2) is 18.2. The molecule has 3 aliphatic heterocycles. The van der Waals surface area contributed by atoms with Crippen LogP contribution in [0.4, 0.5) is 0 Å². The van der Waals surface area contributed by atoms with Crippen LogP contribution < -0.4 is 0 Å². The van der Waals surface area contributed by atoms with Crippen molar-refractivity contribution in [2.75, 3.05) is 19.8 Å². The van der Waals surface area contributed by atoms with Crippen molar-refractivity contribution in [3.05, 3.63) is 11.6 Å². The molecule has 0 aromatic carbocycles. The summed E-state index contributed by atoms with van der Waals surface area (Å²) in [5.41, 5.74) is -0.887. The summed E-state index contributed by atoms with van der Waals surface area (Å²) < 4.78 is 36.2. The maximum absolute atomic E-state index is 12.5. The van der Waals surface area contributed by atoms with Gasteiger partial charge in [-0.05, 0) is 104 Å². The molecule has 0 radical (unpaired) electrons. The van der Waals surface area contributed by atoms with Gasteiger partial charge in [0.25, 0.3) is 0 Å². The lowest BCUT2D eigenvalue weighted by molar-refractivity contribution is -0.396. The molecule has 5 aliphatic carbocycles. The summed E-state index contributed by atoms with van der Waals surface area (Å²) in [4.78, 5) is 12.5. The van der Waals surface area contributed by atoms with E-state index in [1.54, 1.807) is 0 Å². The van der Waals surface area contributed by atoms with Gasteiger partial charge in [0.1, 0.15) is 61.0 Å². The molecule has 0 aromatic heterocycles. The Balaban J connectivity index is 1.08. The minimum absolute atomic E-state index is 0.0116. The summed E-state index contributed by atoms with van der Waals surface area (Å²) in [6.07, 6.45) is -18.8. The van der Waals surface area contributed by atoms with Crippen molar-refractivity contribution in [3.8, 4) is 0 Å². The number of aliphatic hydroxyl groups is 11. The van der Waals surface area contributed by atoms with Crippen molar-refractivity contribution < 1.29 is 94.5 Å². The number of carboxylic acids is 1. The molecule has 67 heavy (non-hydrogen) atoms. The molecule has 8 rings (SSSR count). The van der Waals surface area contributed by atoms with Crippen LogP contribution in [0.3, 0.4) is 0 Å². The Hall–Kier alpha value is -1.47. The van der Waals surface area contributed by atoms with Crippen molar-refractivity contribution >= 4 is 5.97 Å². The Morgan fingerprint density at radius 2 is 1.30 bits per heavy atom. The normalized spacial score (nSPS) is 56.7. The van der Waals surface area contributed by atoms with E-state index in [2.05, 4.69) is 40.7 Å². The lowest BCUT2D eigenvalue weighted by Crippen LogP contribution is -2.68. The number of allylic oxidation sites excluding steroid dienone is 2. The van der Waals surface area contributed by atoms with Crippen LogP contribution in [-0.4, -0.2) is 191 Å². The third-order valence-corrected chi connectivity index (χ3v) is 19.8. The largest absolute Gasteiger partial charge is 0.479 e. The van der Waals surface area contributed by atoms with Crippen LogP contribution in [0.25, 0.3) is 0 Å². The van der Waals surface area contributed by atoms with E-state index in [9.17, 15) is 66.1 Å². The molecular formula is C48H78O19. The fourth-order valence-electron chi connectivity index (χ4n) is 15.1. The first-order chi connectivity index (χ1) is 31.3. The van der Waals surface area contributed by atoms with Crippen LogP contribution in [-0.2, 0) is 33.2 Å². The first kappa shape index (κ1) is 51.9. The van der Waals surface area contributed by atoms with E-state index < -0.39 is 122 Å². The maximum atomic E-state index is 12.5. The highest BCUT2D eigenvalue weighted by atomic mass is 16.8. The number of aliphatic hydroxyl groups excluding tert-OH is 11. The van der Waals surface area contributed by atoms with Crippen LogP contribution in [0.5, 0.6) is 0 Å². The van der Waals surface area contributed by atoms with Crippen molar-refractivity contribution in [1.82, 2.24) is 0 Å². The van der Waals surface area contributed by atoms with Crippen LogP contribution in [0.2, 0.25) is 0 Å². The smallest absolute Gasteiger partial charge is 0.335 e. The van der Waals surface area contributed by atoms with E-state index >= 15 is 0 Å². The van der Waals surface area contributed by atoms with Crippen LogP contribution in [0.15, 0.2) is 11.6 Å². The van der Waals surface area contributed by atoms with E-state index in [1.807, 2.05) is 6.92 Å². The molecule has 19 nitrogen and oxygen atoms in total. The van der Waals surface area contributed by atoms with Crippen molar-refractivity contribution in [3.63, 3.8) is 0 Å². The summed E-state index contributed by atoms with van der Waals surface area (Å²) >= 11 is 0. The average Bonchev–Trinajstić information content (AvgIpc) is 3.28. The second-order valence-electron chi connectivity index (χ2n) is 23.4. The highest BCUT2D eigenvalue weighted by Crippen LogP contribution is 2.76. The number of ether oxygens (including phenoxy) is 6. The summed E-state index contributed by atoms with van der Waals surface area (Å²) in [7, 11) is 0. The zero-order valence-corrected chi connectivity index (χ0v) is 39.8. The van der Waals surface area contributed by atoms with Gasteiger partial charge in [0.15, 0.2) is 25.0 Å². The zero-order chi connectivity index (χ0) is 49.1. The molecule has 26 atom stereocenters. The topological polar surface area (TPSA) is 315 Å². The quantitative estimate of drug-likeness (QED) is 0.0986. The predicted octanol–water partition coefficient (Wildman–Crippen LogP) is -0.323. The standard InChI is InChI=1S/C48H78O19/c1-21-29(53)31(55)35(59)40(62-21)66-37-32(56)30(54)24(18-49)63-41(37)67-38-34(58)33(57)36(39(60)61)65-42(38)64-28-11-12-45(4)25(46(28,5)20-51)10-13-48(7)26(45)9-8-22-23-16-43(2,19-50)17-27(52)44(23,3)14-15-47(22,48)6/h8,21,23-38,40-42,49-59H,9-20H2,1-7H3,(H,60,61)/t21-,23-,24+,25?,26?,27+,28-,29-,30+,31+,32-,33-,34-,35+,36-,37+,38+,40-,41-,42+,43-,44+,45-,46+,47+,48+/m0/s1. The van der Waals surface area contributed by atoms with Crippen LogP contribution in [0.1, 0.15) is 106 Å². The fourth-order valence-corrected chi connectivity index (χ4v) is 15.1. The van der Waals surface area contributed by atoms with Gasteiger partial charge in [-0.3, -0.25) is 0 Å². The number of hydrogen-bond donors (Lipinski definition) is 12. The average molecular weight is 959 g/mol. The predicted molar refractivity (Wildman–Crippen MR) is 232 cm³/mol. The maximum Gasteiger partial charge on any atom is 0.335 e. The van der Waals surface area contributed by atoms with Gasteiger partial charge in [-0.2, -0.15) is 0 Å². The van der Waals surface area contributed by atoms with Crippen LogP contribution in [0, 0.1) is 50.2 Å². The van der Waals surface area contributed by atoms with E-state index in [1.165, 1.54) is 12.5 Å². The number of fused-ring (bicyclic) bond motifs is 7. The number of rotatable bonds is 10. The molecule has 0 bridgehead atoms. The van der Waals surface area contributed by atoms with E-state index in [-0.39, 0.29) is 58.0 Å². The first-order valence-corrected chi connectivity index (χ1v) is 24.4. The van der Waals surface area contributed by atoms with Gasteiger partial charge in [-0.15, -0.1) is 0 Å². The van der Waals surface area contributed by atoms with Gasteiger partial charge >= 0.3 is 5.97 Å². The summed E-state index contributed by atoms with van der Waals surface area (Å²) in [5, 5.41) is 130. The highest BCUT2D eigenvalue weighted by molar-refractivity contribution is 5.73. The molecule has 12 N–H and O–H groups in total. The van der Waals surface area contributed by atoms with E-state index in [0.29, 0.717) is 19.3 Å². The molecular weight excluding hydrogens is 881 g/mol. The van der Waals surface area contributed by atoms with Crippen LogP contribution >= 0.6 is 0 Å². The van der Waals surface area contributed by atoms with Crippen molar-refractivity contribution in [1.29, 1.82) is 0 Å². The summed E-state index contributed by atoms with van der Waals surface area (Å²) in [6.45, 7) is 13.6. The molecule has 3 heterocycles. The summed E-state index contributed by atoms with van der Waals surface area (Å²) in [6, 6.07) is 0. The Kier molecular flexibility index (Phi) is 14.1. The number of aliphatic carboxylic acids is 1. The first-order valence-electron chi connectivity index (χ1n) is 24.4. The zero-order valence-electron chi connectivity index (χ0n) is 39.8. The van der Waals surface area contributed by atoms with Gasteiger partial charge < -0.3 is 89.7 Å². The van der Waals surface area contributed by atoms with Gasteiger partial charge in [-0.25, -0.2) is 4.79 Å². The second-order valence-corrected chi connectivity index (χ2v) is 23.4. The lowest BCUT2D eigenvalue weighted by Gasteiger charge is -2.72. The minimum atomic E-state index is -2.08. The molecule has 8 aliphatic rings. The molecule has 7 fully saturated rings. The lowest BCUT2D eigenvalue weighted by atomic mass is 9.33. The Morgan fingerprint density at radius 1 is 0.657 bits per heavy atom. The van der Waals surface area contributed by atoms with Gasteiger partial charge in [0.2, 0.25) is 0 Å². The van der Waals surface area contributed by atoms with Crippen molar-refractivity contribution in [2.45, 2.75) is 211 Å². The molecule has 3 saturated heterocycles. The molecule has 384 valence electrons. The minimum Gasteiger partial charge on any atom is -0.479 e. The van der Waals surface area contributed by atoms with E-state index in [4.69, 9.17) is 28.4 Å². The third-order valence-electron chi connectivity index (χ3n) is 19.8. The van der Waals surface area contributed by atoms with E-state index in [0.717, 1.165) is 38.5 Å². The molecule has 2 unspecified atom stereocenters. The molecule has 0 amide bonds. The highest BCUT2D eigenvalue weighted by Gasteiger charge is 2.70. The van der Waals surface area contributed by atoms with Crippen molar-refractivity contribution in [2.24, 2.45) is 50.2 Å². The van der Waals surface area contributed by atoms with Gasteiger partial charge in [0.05, 0.1) is 31.5 Å². The third kappa shape index (κ3) is 8.01. The SMILES string of the molecule is C[C@@H]1O[C@@H](O[C@H]2[C@H](O[C@H]3[C@H](O[C@H]4CC[C@@]5(C)C(CC[C@]6(C)C5CC=C5[C@@H]7C[C@](C)(CO)C[C@@H](O)[C@]7(C)CC[C@]56C)[C@@]4(C)CO)O[C@H](C(=O)O)[C@@H](O)[C@@H]3O)O[C@H](CO)[C@@H](O)[C@@H]2O)[C@H](O)[C@H](O)[C@H]1O. The Morgan fingerprint density at radius 3 is 1.93 bits per heavy atom. The van der Waals surface area contributed by atoms with Gasteiger partial charge in [0, 0.05) is 17.4 Å². The molecule has 4 saturated carbocycles. The number of carboxylic acid groups (broad SMARTS) is 1. The number of hydrogen-bond acceptors (Lipinski definition) is 18. The summed E-state index contributed by atoms with van der Waals surface area (Å²) in [5.74, 6) is -1.41. The Labute approximate surface area is 392 Å². The molecule has 0 spiro atoms. The molecule has 0 aromatic rings.